The van der Waals surface area contributed by atoms with Crippen molar-refractivity contribution in [1.29, 1.82) is 0 Å². The molecule has 24 heavy (non-hydrogen) atoms. The molecule has 0 saturated heterocycles. The molecule has 0 aliphatic carbocycles. The number of methoxy groups -OCH3 is 1. The van der Waals surface area contributed by atoms with Gasteiger partial charge in [-0.3, -0.25) is 0 Å². The first-order chi connectivity index (χ1) is 11.4. The number of phenolic OH excluding ortho intramolecular Hbond substituents is 1. The van der Waals surface area contributed by atoms with Crippen molar-refractivity contribution in [1.82, 2.24) is 5.43 Å². The lowest BCUT2D eigenvalue weighted by atomic mass is 9.99. The number of halogens is 1. The fourth-order valence-corrected chi connectivity index (χ4v) is 2.02. The number of hydrogen-bond donors (Lipinski definition) is 3. The van der Waals surface area contributed by atoms with Gasteiger partial charge in [0.2, 0.25) is 0 Å². The maximum atomic E-state index is 14.1. The second-order valence-electron chi connectivity index (χ2n) is 4.66. The number of aromatic hydroxyl groups is 1. The SMILES string of the molecule is COC(=O)c1ccc(F)c(-c2cccc(C=NNC(N)=O)c2O)c1. The number of esters is 1. The molecular formula is C16H14FN3O4. The summed E-state index contributed by atoms with van der Waals surface area (Å²) in [6.07, 6.45) is 1.16. The van der Waals surface area contributed by atoms with Crippen molar-refractivity contribution >= 4 is 18.2 Å². The lowest BCUT2D eigenvalue weighted by Gasteiger charge is -2.10. The fourth-order valence-electron chi connectivity index (χ4n) is 2.02. The number of primary amides is 1. The molecule has 2 aromatic rings. The second-order valence-corrected chi connectivity index (χ2v) is 4.66. The number of para-hydroxylation sites is 1. The molecule has 0 unspecified atom stereocenters. The van der Waals surface area contributed by atoms with Gasteiger partial charge in [-0.25, -0.2) is 19.4 Å². The fraction of sp³-hybridized carbons (Fsp3) is 0.0625. The average Bonchev–Trinajstić information content (AvgIpc) is 2.56. The number of nitrogens with zero attached hydrogens (tertiary/aromatic N) is 1. The Hall–Kier alpha value is -3.42. The van der Waals surface area contributed by atoms with E-state index in [4.69, 9.17) is 5.73 Å². The summed E-state index contributed by atoms with van der Waals surface area (Å²) in [7, 11) is 1.21. The van der Waals surface area contributed by atoms with E-state index in [0.29, 0.717) is 0 Å². The number of benzene rings is 2. The quantitative estimate of drug-likeness (QED) is 0.451. The van der Waals surface area contributed by atoms with Gasteiger partial charge in [0.05, 0.1) is 18.9 Å². The minimum atomic E-state index is -0.862. The minimum absolute atomic E-state index is 0.0218. The van der Waals surface area contributed by atoms with Gasteiger partial charge < -0.3 is 15.6 Å². The third kappa shape index (κ3) is 3.67. The summed E-state index contributed by atoms with van der Waals surface area (Å²) in [5, 5.41) is 13.8. The standard InChI is InChI=1S/C16H14FN3O4/c1-24-15(22)9-5-6-13(17)12(7-9)11-4-2-3-10(14(11)21)8-19-20-16(18)23/h2-8,21H,1H3,(H3,18,20,23). The van der Waals surface area contributed by atoms with Gasteiger partial charge >= 0.3 is 12.0 Å². The van der Waals surface area contributed by atoms with Crippen LogP contribution in [-0.2, 0) is 4.74 Å². The molecule has 0 spiro atoms. The van der Waals surface area contributed by atoms with Crippen molar-refractivity contribution < 1.29 is 23.8 Å². The Balaban J connectivity index is 2.48. The Morgan fingerprint density at radius 1 is 1.29 bits per heavy atom. The predicted molar refractivity (Wildman–Crippen MR) is 85.2 cm³/mol. The molecule has 124 valence electrons. The van der Waals surface area contributed by atoms with Crippen LogP contribution in [-0.4, -0.2) is 30.4 Å². The monoisotopic (exact) mass is 331 g/mol. The summed E-state index contributed by atoms with van der Waals surface area (Å²) >= 11 is 0. The molecule has 0 fully saturated rings. The molecule has 0 aliphatic rings. The van der Waals surface area contributed by atoms with Gasteiger partial charge in [0.25, 0.3) is 0 Å². The van der Waals surface area contributed by atoms with Crippen LogP contribution in [0.25, 0.3) is 11.1 Å². The molecule has 0 aromatic heterocycles. The number of carbonyl (C=O) groups excluding carboxylic acids is 2. The summed E-state index contributed by atoms with van der Waals surface area (Å²) < 4.78 is 18.7. The summed E-state index contributed by atoms with van der Waals surface area (Å²) in [6, 6.07) is 7.35. The Bertz CT molecular complexity index is 821. The zero-order chi connectivity index (χ0) is 17.7. The van der Waals surface area contributed by atoms with Gasteiger partial charge in [-0.15, -0.1) is 0 Å². The number of phenols is 1. The van der Waals surface area contributed by atoms with Crippen molar-refractivity contribution in [2.24, 2.45) is 10.8 Å². The van der Waals surface area contributed by atoms with Crippen molar-refractivity contribution in [3.63, 3.8) is 0 Å². The molecular weight excluding hydrogens is 317 g/mol. The Morgan fingerprint density at radius 3 is 2.71 bits per heavy atom. The van der Waals surface area contributed by atoms with Crippen LogP contribution in [0.3, 0.4) is 0 Å². The van der Waals surface area contributed by atoms with Crippen molar-refractivity contribution in [2.75, 3.05) is 7.11 Å². The van der Waals surface area contributed by atoms with E-state index in [1.54, 1.807) is 6.07 Å². The molecule has 7 nitrogen and oxygen atoms in total. The van der Waals surface area contributed by atoms with Crippen molar-refractivity contribution in [3.05, 3.63) is 53.3 Å². The highest BCUT2D eigenvalue weighted by atomic mass is 19.1. The maximum absolute atomic E-state index is 14.1. The van der Waals surface area contributed by atoms with E-state index in [-0.39, 0.29) is 28.0 Å². The number of urea groups is 1. The van der Waals surface area contributed by atoms with Crippen LogP contribution in [0.15, 0.2) is 41.5 Å². The van der Waals surface area contributed by atoms with E-state index in [0.717, 1.165) is 12.3 Å². The second kappa shape index (κ2) is 7.23. The Labute approximate surface area is 136 Å². The number of rotatable bonds is 4. The number of nitrogens with one attached hydrogen (secondary N) is 1. The summed E-state index contributed by atoms with van der Waals surface area (Å²) in [5.74, 6) is -1.52. The van der Waals surface area contributed by atoms with Crippen LogP contribution in [0, 0.1) is 5.82 Å². The molecule has 0 atom stereocenters. The molecule has 8 heteroatoms. The van der Waals surface area contributed by atoms with E-state index in [2.05, 4.69) is 9.84 Å². The first kappa shape index (κ1) is 16.9. The minimum Gasteiger partial charge on any atom is -0.507 e. The van der Waals surface area contributed by atoms with Crippen molar-refractivity contribution in [2.45, 2.75) is 0 Å². The van der Waals surface area contributed by atoms with Gasteiger partial charge in [0, 0.05) is 16.7 Å². The average molecular weight is 331 g/mol. The number of hydrogen-bond acceptors (Lipinski definition) is 5. The molecule has 2 rings (SSSR count). The largest absolute Gasteiger partial charge is 0.507 e. The van der Waals surface area contributed by atoms with Crippen LogP contribution < -0.4 is 11.2 Å². The highest BCUT2D eigenvalue weighted by molar-refractivity contribution is 5.93. The first-order valence-electron chi connectivity index (χ1n) is 6.72. The molecule has 0 radical (unpaired) electrons. The molecule has 0 heterocycles. The van der Waals surface area contributed by atoms with Gasteiger partial charge in [0.1, 0.15) is 11.6 Å². The number of ether oxygens (including phenoxy) is 1. The number of nitrogens with two attached hydrogens (primary N) is 1. The van der Waals surface area contributed by atoms with Gasteiger partial charge in [-0.1, -0.05) is 12.1 Å². The van der Waals surface area contributed by atoms with E-state index in [1.165, 1.54) is 31.4 Å². The van der Waals surface area contributed by atoms with E-state index in [9.17, 15) is 19.1 Å². The van der Waals surface area contributed by atoms with Crippen LogP contribution in [0.5, 0.6) is 5.75 Å². The van der Waals surface area contributed by atoms with Crippen molar-refractivity contribution in [3.8, 4) is 16.9 Å². The van der Waals surface area contributed by atoms with E-state index in [1.807, 2.05) is 5.43 Å². The van der Waals surface area contributed by atoms with Crippen LogP contribution in [0.4, 0.5) is 9.18 Å². The molecule has 0 aliphatic heterocycles. The Kier molecular flexibility index (Phi) is 5.10. The van der Waals surface area contributed by atoms with Gasteiger partial charge in [0.15, 0.2) is 0 Å². The summed E-state index contributed by atoms with van der Waals surface area (Å²) in [6.45, 7) is 0. The number of amides is 2. The predicted octanol–water partition coefficient (Wildman–Crippen LogP) is 1.99. The number of carbonyl (C=O) groups is 2. The molecule has 0 bridgehead atoms. The van der Waals surface area contributed by atoms with Gasteiger partial charge in [-0.2, -0.15) is 5.10 Å². The highest BCUT2D eigenvalue weighted by Gasteiger charge is 2.15. The molecule has 2 aromatic carbocycles. The van der Waals surface area contributed by atoms with E-state index >= 15 is 0 Å². The van der Waals surface area contributed by atoms with Crippen LogP contribution in [0.1, 0.15) is 15.9 Å². The lowest BCUT2D eigenvalue weighted by Crippen LogP contribution is -2.24. The highest BCUT2D eigenvalue weighted by Crippen LogP contribution is 2.33. The molecule has 2 amide bonds. The third-order valence-corrected chi connectivity index (χ3v) is 3.12. The zero-order valence-electron chi connectivity index (χ0n) is 12.6. The first-order valence-corrected chi connectivity index (χ1v) is 6.72. The lowest BCUT2D eigenvalue weighted by molar-refractivity contribution is 0.0600. The summed E-state index contributed by atoms with van der Waals surface area (Å²) in [4.78, 5) is 22.2. The number of hydrazone groups is 1. The topological polar surface area (TPSA) is 114 Å². The smallest absolute Gasteiger partial charge is 0.337 e. The molecule has 4 N–H and O–H groups in total. The van der Waals surface area contributed by atoms with Gasteiger partial charge in [-0.05, 0) is 24.3 Å². The third-order valence-electron chi connectivity index (χ3n) is 3.12. The maximum Gasteiger partial charge on any atom is 0.337 e. The normalized spacial score (nSPS) is 10.6. The zero-order valence-corrected chi connectivity index (χ0v) is 12.6. The Morgan fingerprint density at radius 2 is 2.04 bits per heavy atom. The van der Waals surface area contributed by atoms with E-state index < -0.39 is 17.8 Å². The van der Waals surface area contributed by atoms with Crippen LogP contribution in [0.2, 0.25) is 0 Å². The van der Waals surface area contributed by atoms with Crippen LogP contribution >= 0.6 is 0 Å². The summed E-state index contributed by atoms with van der Waals surface area (Å²) in [5.41, 5.74) is 7.40. The molecule has 0 saturated carbocycles.